The summed E-state index contributed by atoms with van der Waals surface area (Å²) in [7, 11) is 0. The van der Waals surface area contributed by atoms with Crippen LogP contribution in [-0.4, -0.2) is 24.9 Å². The molecule has 5 aromatic heterocycles. The minimum absolute atomic E-state index is 0.774. The molecule has 0 saturated carbocycles. The first-order valence-electron chi connectivity index (χ1n) is 30.0. The van der Waals surface area contributed by atoms with Crippen LogP contribution >= 0.6 is 0 Å². The van der Waals surface area contributed by atoms with E-state index < -0.39 is 0 Å². The SMILES string of the molecule is CCCCCCCCCCc1ccnc(N(c2cc(CCCCCCCCCC)ccn2)c2cccc(N(c3cc(CCCCCCCCCC)ccn3)c3cc(CCCCCCCCCC)ccn3)n2)c1. The molecule has 0 saturated heterocycles. The van der Waals surface area contributed by atoms with Crippen LogP contribution in [0.5, 0.6) is 0 Å². The fourth-order valence-corrected chi connectivity index (χ4v) is 10.2. The molecule has 5 aromatic rings. The maximum atomic E-state index is 5.56. The first kappa shape index (κ1) is 58.2. The van der Waals surface area contributed by atoms with E-state index in [-0.39, 0.29) is 0 Å². The fraction of sp³-hybridized carbons (Fsp3) is 0.615. The van der Waals surface area contributed by atoms with E-state index in [0.717, 1.165) is 60.6 Å². The molecule has 72 heavy (non-hydrogen) atoms. The Balaban J connectivity index is 1.44. The largest absolute Gasteiger partial charge is 0.262 e. The topological polar surface area (TPSA) is 70.9 Å². The Hall–Kier alpha value is -4.65. The maximum absolute atomic E-state index is 5.56. The number of aromatic nitrogens is 5. The van der Waals surface area contributed by atoms with Crippen molar-refractivity contribution in [2.45, 2.75) is 259 Å². The van der Waals surface area contributed by atoms with Gasteiger partial charge in [0.1, 0.15) is 34.9 Å². The van der Waals surface area contributed by atoms with E-state index in [9.17, 15) is 0 Å². The summed E-state index contributed by atoms with van der Waals surface area (Å²) < 4.78 is 0. The van der Waals surface area contributed by atoms with Crippen molar-refractivity contribution >= 4 is 34.9 Å². The lowest BCUT2D eigenvalue weighted by Gasteiger charge is -2.26. The number of nitrogens with zero attached hydrogens (tertiary/aromatic N) is 7. The minimum atomic E-state index is 0.774. The van der Waals surface area contributed by atoms with Crippen LogP contribution in [0.4, 0.5) is 34.9 Å². The summed E-state index contributed by atoms with van der Waals surface area (Å²) in [5, 5.41) is 0. The molecule has 0 radical (unpaired) electrons. The van der Waals surface area contributed by atoms with Gasteiger partial charge in [0, 0.05) is 24.8 Å². The summed E-state index contributed by atoms with van der Waals surface area (Å²) in [5.41, 5.74) is 5.22. The lowest BCUT2D eigenvalue weighted by Crippen LogP contribution is -2.19. The standard InChI is InChI=1S/C65H99N7/c1-5-9-13-17-21-25-29-33-38-56-44-48-66-62(52-56)71(63-53-57(45-49-67-63)39-34-30-26-22-18-14-10-6-2)60-42-37-43-61(70-60)72(64-54-58(46-50-68-64)40-35-31-27-23-19-15-11-7-3)65-55-59(47-51-69-65)41-36-32-28-24-20-16-12-8-4/h37,42-55H,5-36,38-41H2,1-4H3. The van der Waals surface area contributed by atoms with Crippen LogP contribution in [0.25, 0.3) is 0 Å². The van der Waals surface area contributed by atoms with Crippen molar-refractivity contribution in [2.75, 3.05) is 9.80 Å². The average Bonchev–Trinajstić information content (AvgIpc) is 3.40. The van der Waals surface area contributed by atoms with E-state index in [1.54, 1.807) is 0 Å². The molecule has 0 N–H and O–H groups in total. The number of unbranched alkanes of at least 4 members (excludes halogenated alkanes) is 28. The summed E-state index contributed by atoms with van der Waals surface area (Å²) in [6, 6.07) is 24.2. The average molecular weight is 979 g/mol. The van der Waals surface area contributed by atoms with E-state index in [4.69, 9.17) is 24.9 Å². The molecular weight excluding hydrogens is 879 g/mol. The van der Waals surface area contributed by atoms with Gasteiger partial charge in [-0.3, -0.25) is 9.80 Å². The van der Waals surface area contributed by atoms with Gasteiger partial charge in [0.2, 0.25) is 0 Å². The zero-order valence-corrected chi connectivity index (χ0v) is 46.2. The van der Waals surface area contributed by atoms with E-state index >= 15 is 0 Å². The Kier molecular flexibility index (Phi) is 30.0. The fourth-order valence-electron chi connectivity index (χ4n) is 10.2. The van der Waals surface area contributed by atoms with Gasteiger partial charge in [-0.2, -0.15) is 0 Å². The predicted octanol–water partition coefficient (Wildman–Crippen LogP) is 20.3. The van der Waals surface area contributed by atoms with Crippen molar-refractivity contribution in [3.8, 4) is 0 Å². The third-order valence-corrected chi connectivity index (χ3v) is 14.6. The van der Waals surface area contributed by atoms with Crippen LogP contribution in [-0.2, 0) is 25.7 Å². The Bertz CT molecular complexity index is 1860. The number of hydrogen-bond donors (Lipinski definition) is 0. The van der Waals surface area contributed by atoms with Crippen molar-refractivity contribution in [2.24, 2.45) is 0 Å². The number of rotatable bonds is 42. The Morgan fingerprint density at radius 2 is 0.486 bits per heavy atom. The van der Waals surface area contributed by atoms with E-state index in [1.165, 1.54) is 228 Å². The summed E-state index contributed by atoms with van der Waals surface area (Å²) in [5.74, 6) is 4.92. The number of anilines is 6. The Morgan fingerprint density at radius 3 is 0.722 bits per heavy atom. The first-order valence-corrected chi connectivity index (χ1v) is 30.0. The third-order valence-electron chi connectivity index (χ3n) is 14.6. The second kappa shape index (κ2) is 37.1. The van der Waals surface area contributed by atoms with Gasteiger partial charge in [0.25, 0.3) is 0 Å². The molecule has 0 atom stereocenters. The smallest absolute Gasteiger partial charge is 0.142 e. The number of pyridine rings is 5. The van der Waals surface area contributed by atoms with Crippen LogP contribution in [0.15, 0.2) is 91.5 Å². The molecule has 0 spiro atoms. The van der Waals surface area contributed by atoms with E-state index in [2.05, 4.69) is 104 Å². The summed E-state index contributed by atoms with van der Waals surface area (Å²) in [6.45, 7) is 9.17. The highest BCUT2D eigenvalue weighted by Gasteiger charge is 2.22. The molecule has 7 heteroatoms. The normalized spacial score (nSPS) is 11.4. The molecule has 7 nitrogen and oxygen atoms in total. The van der Waals surface area contributed by atoms with Gasteiger partial charge < -0.3 is 0 Å². The predicted molar refractivity (Wildman–Crippen MR) is 310 cm³/mol. The highest BCUT2D eigenvalue weighted by atomic mass is 15.3. The van der Waals surface area contributed by atoms with Gasteiger partial charge >= 0.3 is 0 Å². The third kappa shape index (κ3) is 22.6. The molecule has 0 bridgehead atoms. The van der Waals surface area contributed by atoms with E-state index in [1.807, 2.05) is 24.8 Å². The van der Waals surface area contributed by atoms with Gasteiger partial charge in [-0.1, -0.05) is 214 Å². The molecule has 5 heterocycles. The monoisotopic (exact) mass is 978 g/mol. The van der Waals surface area contributed by atoms with Crippen molar-refractivity contribution in [1.82, 2.24) is 24.9 Å². The minimum Gasteiger partial charge on any atom is -0.262 e. The van der Waals surface area contributed by atoms with Crippen LogP contribution in [0.1, 0.15) is 255 Å². The van der Waals surface area contributed by atoms with Gasteiger partial charge in [-0.25, -0.2) is 24.9 Å². The molecule has 394 valence electrons. The number of aryl methyl sites for hydroxylation is 4. The lowest BCUT2D eigenvalue weighted by atomic mass is 10.0. The molecule has 0 amide bonds. The molecule has 0 aliphatic heterocycles. The Labute approximate surface area is 440 Å². The first-order chi connectivity index (χ1) is 35.6. The van der Waals surface area contributed by atoms with Crippen LogP contribution in [0.2, 0.25) is 0 Å². The van der Waals surface area contributed by atoms with Gasteiger partial charge in [-0.15, -0.1) is 0 Å². The molecule has 5 rings (SSSR count). The van der Waals surface area contributed by atoms with Crippen LogP contribution < -0.4 is 9.80 Å². The quantitative estimate of drug-likeness (QED) is 0.0361. The second-order valence-corrected chi connectivity index (χ2v) is 21.0. The Morgan fingerprint density at radius 1 is 0.264 bits per heavy atom. The second-order valence-electron chi connectivity index (χ2n) is 21.0. The zero-order valence-electron chi connectivity index (χ0n) is 46.2. The van der Waals surface area contributed by atoms with Crippen molar-refractivity contribution < 1.29 is 0 Å². The summed E-state index contributed by atoms with van der Waals surface area (Å²) in [4.78, 5) is 30.2. The zero-order chi connectivity index (χ0) is 50.5. The molecule has 0 aromatic carbocycles. The molecule has 0 aliphatic carbocycles. The van der Waals surface area contributed by atoms with E-state index in [0.29, 0.717) is 0 Å². The van der Waals surface area contributed by atoms with Crippen molar-refractivity contribution in [3.63, 3.8) is 0 Å². The highest BCUT2D eigenvalue weighted by molar-refractivity contribution is 5.75. The van der Waals surface area contributed by atoms with Gasteiger partial charge in [0.15, 0.2) is 0 Å². The molecular formula is C65H99N7. The van der Waals surface area contributed by atoms with Crippen LogP contribution in [0.3, 0.4) is 0 Å². The van der Waals surface area contributed by atoms with Crippen LogP contribution in [0, 0.1) is 0 Å². The molecule has 0 fully saturated rings. The van der Waals surface area contributed by atoms with Gasteiger partial charge in [0.05, 0.1) is 0 Å². The molecule has 0 unspecified atom stereocenters. The molecule has 0 aliphatic rings. The van der Waals surface area contributed by atoms with Gasteiger partial charge in [-0.05, 0) is 134 Å². The summed E-state index contributed by atoms with van der Waals surface area (Å²) >= 11 is 0. The highest BCUT2D eigenvalue weighted by Crippen LogP contribution is 2.37. The number of hydrogen-bond acceptors (Lipinski definition) is 7. The summed E-state index contributed by atoms with van der Waals surface area (Å²) in [6.07, 6.45) is 54.0. The lowest BCUT2D eigenvalue weighted by molar-refractivity contribution is 0.575. The van der Waals surface area contributed by atoms with Crippen molar-refractivity contribution in [3.05, 3.63) is 114 Å². The van der Waals surface area contributed by atoms with Crippen molar-refractivity contribution in [1.29, 1.82) is 0 Å². The maximum Gasteiger partial charge on any atom is 0.142 e.